The fourth-order valence-electron chi connectivity index (χ4n) is 3.64. The Labute approximate surface area is 157 Å². The number of rotatable bonds is 8. The summed E-state index contributed by atoms with van der Waals surface area (Å²) in [6.45, 7) is 8.38. The molecular formula is C19H31N3O3S. The number of carbonyl (C=O) groups excluding carboxylic acids is 1. The summed E-state index contributed by atoms with van der Waals surface area (Å²) in [5.41, 5.74) is 2.48. The quantitative estimate of drug-likeness (QED) is 0.641. The molecule has 1 aliphatic rings. The summed E-state index contributed by atoms with van der Waals surface area (Å²) in [7, 11) is -3.61. The molecule has 1 aromatic rings. The molecule has 7 heteroatoms. The Hall–Kier alpha value is -1.44. The molecule has 0 saturated carbocycles. The van der Waals surface area contributed by atoms with Crippen LogP contribution in [0, 0.1) is 26.7 Å². The topological polar surface area (TPSA) is 87.3 Å². The third kappa shape index (κ3) is 6.07. The van der Waals surface area contributed by atoms with Gasteiger partial charge in [0.1, 0.15) is 0 Å². The van der Waals surface area contributed by atoms with Crippen molar-refractivity contribution in [2.75, 3.05) is 26.2 Å². The first-order valence-corrected chi connectivity index (χ1v) is 10.8. The Kier molecular flexibility index (Phi) is 7.61. The Balaban J connectivity index is 1.76. The molecular weight excluding hydrogens is 350 g/mol. The van der Waals surface area contributed by atoms with E-state index in [1.54, 1.807) is 13.8 Å². The molecule has 6 nitrogen and oxygen atoms in total. The Morgan fingerprint density at radius 1 is 1.19 bits per heavy atom. The van der Waals surface area contributed by atoms with Crippen molar-refractivity contribution in [2.45, 2.75) is 51.3 Å². The van der Waals surface area contributed by atoms with E-state index in [0.717, 1.165) is 36.2 Å². The van der Waals surface area contributed by atoms with Crippen molar-refractivity contribution in [3.63, 3.8) is 0 Å². The lowest BCUT2D eigenvalue weighted by molar-refractivity contribution is -0.120. The van der Waals surface area contributed by atoms with E-state index in [1.165, 1.54) is 12.8 Å². The second-order valence-electron chi connectivity index (χ2n) is 7.23. The van der Waals surface area contributed by atoms with E-state index in [1.807, 2.05) is 19.1 Å². The first kappa shape index (κ1) is 20.9. The van der Waals surface area contributed by atoms with Crippen LogP contribution in [0.2, 0.25) is 0 Å². The van der Waals surface area contributed by atoms with Gasteiger partial charge >= 0.3 is 0 Å². The van der Waals surface area contributed by atoms with Gasteiger partial charge in [-0.3, -0.25) is 4.79 Å². The molecule has 3 N–H and O–H groups in total. The molecule has 1 amide bonds. The fourth-order valence-corrected chi connectivity index (χ4v) is 5.12. The lowest BCUT2D eigenvalue weighted by Gasteiger charge is -2.22. The van der Waals surface area contributed by atoms with Gasteiger partial charge in [0.05, 0.1) is 4.90 Å². The number of benzene rings is 1. The van der Waals surface area contributed by atoms with Crippen LogP contribution < -0.4 is 15.4 Å². The zero-order chi connectivity index (χ0) is 19.2. The van der Waals surface area contributed by atoms with E-state index < -0.39 is 10.0 Å². The van der Waals surface area contributed by atoms with Gasteiger partial charge < -0.3 is 10.6 Å². The number of aryl methyl sites for hydroxylation is 3. The molecule has 146 valence electrons. The van der Waals surface area contributed by atoms with Crippen molar-refractivity contribution < 1.29 is 13.2 Å². The van der Waals surface area contributed by atoms with Crippen LogP contribution in [0.15, 0.2) is 17.0 Å². The lowest BCUT2D eigenvalue weighted by atomic mass is 9.96. The monoisotopic (exact) mass is 381 g/mol. The molecule has 0 aromatic heterocycles. The molecule has 0 radical (unpaired) electrons. The van der Waals surface area contributed by atoms with E-state index in [4.69, 9.17) is 0 Å². The number of nitrogens with one attached hydrogen (secondary N) is 3. The molecule has 1 fully saturated rings. The molecule has 26 heavy (non-hydrogen) atoms. The molecule has 2 rings (SSSR count). The summed E-state index contributed by atoms with van der Waals surface area (Å²) in [4.78, 5) is 12.2. The normalized spacial score (nSPS) is 17.9. The maximum Gasteiger partial charge on any atom is 0.241 e. The Morgan fingerprint density at radius 2 is 1.88 bits per heavy atom. The average Bonchev–Trinajstić information content (AvgIpc) is 2.54. The molecule has 1 heterocycles. The van der Waals surface area contributed by atoms with Crippen molar-refractivity contribution in [1.82, 2.24) is 15.4 Å². The fraction of sp³-hybridized carbons (Fsp3) is 0.632. The predicted octanol–water partition coefficient (Wildman–Crippen LogP) is 1.79. The number of piperidine rings is 1. The first-order valence-electron chi connectivity index (χ1n) is 9.34. The van der Waals surface area contributed by atoms with Crippen molar-refractivity contribution in [3.8, 4) is 0 Å². The molecule has 1 aliphatic heterocycles. The maximum atomic E-state index is 12.5. The summed E-state index contributed by atoms with van der Waals surface area (Å²) in [5, 5.41) is 6.25. The van der Waals surface area contributed by atoms with Crippen LogP contribution in [0.1, 0.15) is 42.4 Å². The van der Waals surface area contributed by atoms with E-state index in [0.29, 0.717) is 17.4 Å². The molecule has 0 spiro atoms. The average molecular weight is 382 g/mol. The predicted molar refractivity (Wildman–Crippen MR) is 104 cm³/mol. The molecule has 1 saturated heterocycles. The van der Waals surface area contributed by atoms with E-state index in [9.17, 15) is 13.2 Å². The highest BCUT2D eigenvalue weighted by Crippen LogP contribution is 2.21. The number of amides is 1. The third-order valence-electron chi connectivity index (χ3n) is 4.79. The SMILES string of the molecule is Cc1cc(C)c(S(=O)(=O)NCCC(=O)NCCC2CCCNC2)c(C)c1. The number of sulfonamides is 1. The van der Waals surface area contributed by atoms with Crippen molar-refractivity contribution in [2.24, 2.45) is 5.92 Å². The van der Waals surface area contributed by atoms with Gasteiger partial charge in [-0.25, -0.2) is 13.1 Å². The zero-order valence-corrected chi connectivity index (χ0v) is 16.8. The van der Waals surface area contributed by atoms with Crippen LogP contribution in [-0.4, -0.2) is 40.5 Å². The minimum absolute atomic E-state index is 0.103. The highest BCUT2D eigenvalue weighted by Gasteiger charge is 2.20. The third-order valence-corrected chi connectivity index (χ3v) is 6.56. The van der Waals surface area contributed by atoms with Gasteiger partial charge in [-0.1, -0.05) is 17.7 Å². The Bertz CT molecular complexity index is 703. The second-order valence-corrected chi connectivity index (χ2v) is 8.93. The Morgan fingerprint density at radius 3 is 2.50 bits per heavy atom. The van der Waals surface area contributed by atoms with Gasteiger partial charge in [0.25, 0.3) is 0 Å². The number of hydrogen-bond donors (Lipinski definition) is 3. The molecule has 1 unspecified atom stereocenters. The first-order chi connectivity index (χ1) is 12.3. The highest BCUT2D eigenvalue weighted by molar-refractivity contribution is 7.89. The summed E-state index contributed by atoms with van der Waals surface area (Å²) in [6.07, 6.45) is 3.51. The van der Waals surface area contributed by atoms with Gasteiger partial charge in [0.2, 0.25) is 15.9 Å². The summed E-state index contributed by atoms with van der Waals surface area (Å²) < 4.78 is 27.6. The zero-order valence-electron chi connectivity index (χ0n) is 16.0. The standard InChI is InChI=1S/C19H31N3O3S/c1-14-11-15(2)19(16(3)12-14)26(24,25)22-10-7-18(23)21-9-6-17-5-4-8-20-13-17/h11-12,17,20,22H,4-10,13H2,1-3H3,(H,21,23). The van der Waals surface area contributed by atoms with Gasteiger partial charge in [0.15, 0.2) is 0 Å². The maximum absolute atomic E-state index is 12.5. The molecule has 0 bridgehead atoms. The second kappa shape index (κ2) is 9.48. The smallest absolute Gasteiger partial charge is 0.241 e. The largest absolute Gasteiger partial charge is 0.356 e. The van der Waals surface area contributed by atoms with E-state index >= 15 is 0 Å². The van der Waals surface area contributed by atoms with Gasteiger partial charge in [0, 0.05) is 19.5 Å². The minimum Gasteiger partial charge on any atom is -0.356 e. The van der Waals surface area contributed by atoms with Crippen molar-refractivity contribution >= 4 is 15.9 Å². The highest BCUT2D eigenvalue weighted by atomic mass is 32.2. The number of carbonyl (C=O) groups is 1. The van der Waals surface area contributed by atoms with Crippen LogP contribution in [0.5, 0.6) is 0 Å². The van der Waals surface area contributed by atoms with Gasteiger partial charge in [-0.05, 0) is 70.2 Å². The van der Waals surface area contributed by atoms with Crippen LogP contribution in [0.4, 0.5) is 0 Å². The van der Waals surface area contributed by atoms with E-state index in [2.05, 4.69) is 15.4 Å². The van der Waals surface area contributed by atoms with Crippen LogP contribution in [0.25, 0.3) is 0 Å². The van der Waals surface area contributed by atoms with Crippen LogP contribution >= 0.6 is 0 Å². The van der Waals surface area contributed by atoms with Gasteiger partial charge in [-0.15, -0.1) is 0 Å². The van der Waals surface area contributed by atoms with Crippen molar-refractivity contribution in [1.29, 1.82) is 0 Å². The van der Waals surface area contributed by atoms with E-state index in [-0.39, 0.29) is 18.9 Å². The summed E-state index contributed by atoms with van der Waals surface area (Å²) in [6, 6.07) is 3.71. The lowest BCUT2D eigenvalue weighted by Crippen LogP contribution is -2.34. The molecule has 0 aliphatic carbocycles. The number of hydrogen-bond acceptors (Lipinski definition) is 4. The summed E-state index contributed by atoms with van der Waals surface area (Å²) in [5.74, 6) is 0.504. The van der Waals surface area contributed by atoms with Crippen molar-refractivity contribution in [3.05, 3.63) is 28.8 Å². The van der Waals surface area contributed by atoms with Crippen LogP contribution in [0.3, 0.4) is 0 Å². The van der Waals surface area contributed by atoms with Gasteiger partial charge in [-0.2, -0.15) is 0 Å². The molecule has 1 aromatic carbocycles. The minimum atomic E-state index is -3.61. The molecule has 1 atom stereocenters. The summed E-state index contributed by atoms with van der Waals surface area (Å²) >= 11 is 0. The van der Waals surface area contributed by atoms with Crippen LogP contribution in [-0.2, 0) is 14.8 Å².